The Hall–Kier alpha value is -1.22. The highest BCUT2D eigenvalue weighted by atomic mass is 16.3. The maximum absolute atomic E-state index is 9.05. The van der Waals surface area contributed by atoms with Crippen LogP contribution in [0.2, 0.25) is 0 Å². The van der Waals surface area contributed by atoms with E-state index in [0.717, 1.165) is 0 Å². The van der Waals surface area contributed by atoms with E-state index < -0.39 is 6.10 Å². The van der Waals surface area contributed by atoms with Gasteiger partial charge in [-0.15, -0.1) is 0 Å². The summed E-state index contributed by atoms with van der Waals surface area (Å²) in [5.41, 5.74) is 0.502. The average Bonchev–Trinajstić information content (AvgIpc) is 1.85. The molecule has 0 unspecified atom stereocenters. The van der Waals surface area contributed by atoms with Crippen molar-refractivity contribution >= 4 is 0 Å². The van der Waals surface area contributed by atoms with E-state index in [0.29, 0.717) is 5.56 Å². The van der Waals surface area contributed by atoms with E-state index in [2.05, 4.69) is 0 Å². The summed E-state index contributed by atoms with van der Waals surface area (Å²) in [4.78, 5) is 0. The SMILES string of the molecule is C[C@H](O)c1cc(O)cc(O)c1. The number of phenols is 2. The second-order valence-electron chi connectivity index (χ2n) is 2.46. The van der Waals surface area contributed by atoms with E-state index in [1.807, 2.05) is 0 Å². The Balaban J connectivity index is 3.08. The normalized spacial score (nSPS) is 12.9. The molecule has 0 saturated carbocycles. The fourth-order valence-electron chi connectivity index (χ4n) is 0.859. The molecular formula is C8H10O3. The predicted octanol–water partition coefficient (Wildman–Crippen LogP) is 1.15. The first-order chi connectivity index (χ1) is 5.09. The Bertz CT molecular complexity index is 235. The van der Waals surface area contributed by atoms with Crippen molar-refractivity contribution in [2.45, 2.75) is 13.0 Å². The fraction of sp³-hybridized carbons (Fsp3) is 0.250. The van der Waals surface area contributed by atoms with Crippen LogP contribution in [0.5, 0.6) is 11.5 Å². The third kappa shape index (κ3) is 1.85. The predicted molar refractivity (Wildman–Crippen MR) is 40.4 cm³/mol. The van der Waals surface area contributed by atoms with Gasteiger partial charge < -0.3 is 15.3 Å². The highest BCUT2D eigenvalue weighted by molar-refractivity contribution is 5.37. The van der Waals surface area contributed by atoms with Crippen LogP contribution in [0, 0.1) is 0 Å². The minimum Gasteiger partial charge on any atom is -0.508 e. The first kappa shape index (κ1) is 7.88. The molecule has 0 radical (unpaired) electrons. The molecule has 1 rings (SSSR count). The zero-order valence-electron chi connectivity index (χ0n) is 6.15. The summed E-state index contributed by atoms with van der Waals surface area (Å²) in [6.07, 6.45) is -0.673. The largest absolute Gasteiger partial charge is 0.508 e. The molecule has 60 valence electrons. The van der Waals surface area contributed by atoms with E-state index >= 15 is 0 Å². The van der Waals surface area contributed by atoms with Gasteiger partial charge >= 0.3 is 0 Å². The lowest BCUT2D eigenvalue weighted by Gasteiger charge is -2.04. The van der Waals surface area contributed by atoms with E-state index in [1.165, 1.54) is 18.2 Å². The highest BCUT2D eigenvalue weighted by Crippen LogP contribution is 2.24. The first-order valence-electron chi connectivity index (χ1n) is 3.30. The lowest BCUT2D eigenvalue weighted by molar-refractivity contribution is 0.198. The maximum Gasteiger partial charge on any atom is 0.119 e. The molecule has 3 heteroatoms. The van der Waals surface area contributed by atoms with Gasteiger partial charge in [0.2, 0.25) is 0 Å². The number of benzene rings is 1. The van der Waals surface area contributed by atoms with Gasteiger partial charge in [0.15, 0.2) is 0 Å². The minimum atomic E-state index is -0.673. The lowest BCUT2D eigenvalue weighted by Crippen LogP contribution is -1.89. The molecular weight excluding hydrogens is 144 g/mol. The number of hydrogen-bond donors (Lipinski definition) is 3. The fourth-order valence-corrected chi connectivity index (χ4v) is 0.859. The molecule has 0 aliphatic heterocycles. The monoisotopic (exact) mass is 154 g/mol. The van der Waals surface area contributed by atoms with Crippen molar-refractivity contribution in [1.82, 2.24) is 0 Å². The number of phenolic OH excluding ortho intramolecular Hbond substituents is 2. The van der Waals surface area contributed by atoms with Crippen LogP contribution in [-0.2, 0) is 0 Å². The summed E-state index contributed by atoms with van der Waals surface area (Å²) in [6.45, 7) is 1.56. The van der Waals surface area contributed by atoms with Gasteiger partial charge in [-0.05, 0) is 24.6 Å². The molecule has 0 bridgehead atoms. The van der Waals surface area contributed by atoms with Crippen molar-refractivity contribution in [3.63, 3.8) is 0 Å². The second kappa shape index (κ2) is 2.80. The molecule has 0 aliphatic rings. The lowest BCUT2D eigenvalue weighted by atomic mass is 10.1. The van der Waals surface area contributed by atoms with Crippen LogP contribution < -0.4 is 0 Å². The Morgan fingerprint density at radius 3 is 1.91 bits per heavy atom. The molecule has 0 spiro atoms. The van der Waals surface area contributed by atoms with Gasteiger partial charge in [-0.1, -0.05) is 0 Å². The molecule has 0 amide bonds. The zero-order valence-corrected chi connectivity index (χ0v) is 6.15. The van der Waals surface area contributed by atoms with Crippen LogP contribution in [0.4, 0.5) is 0 Å². The molecule has 0 aromatic heterocycles. The van der Waals surface area contributed by atoms with Crippen molar-refractivity contribution in [2.75, 3.05) is 0 Å². The van der Waals surface area contributed by atoms with Crippen LogP contribution in [0.15, 0.2) is 18.2 Å². The van der Waals surface area contributed by atoms with Gasteiger partial charge in [0.25, 0.3) is 0 Å². The van der Waals surface area contributed by atoms with E-state index in [-0.39, 0.29) is 11.5 Å². The highest BCUT2D eigenvalue weighted by Gasteiger charge is 2.03. The van der Waals surface area contributed by atoms with Crippen molar-refractivity contribution in [2.24, 2.45) is 0 Å². The summed E-state index contributed by atoms with van der Waals surface area (Å²) in [5.74, 6) is -0.0817. The molecule has 0 fully saturated rings. The van der Waals surface area contributed by atoms with Gasteiger partial charge in [0, 0.05) is 6.07 Å². The Morgan fingerprint density at radius 1 is 1.09 bits per heavy atom. The van der Waals surface area contributed by atoms with Crippen LogP contribution in [0.1, 0.15) is 18.6 Å². The van der Waals surface area contributed by atoms with Gasteiger partial charge in [0.1, 0.15) is 11.5 Å². The Labute approximate surface area is 64.5 Å². The van der Waals surface area contributed by atoms with Crippen LogP contribution in [0.25, 0.3) is 0 Å². The smallest absolute Gasteiger partial charge is 0.119 e. The zero-order chi connectivity index (χ0) is 8.43. The third-order valence-electron chi connectivity index (χ3n) is 1.41. The average molecular weight is 154 g/mol. The number of aliphatic hydroxyl groups is 1. The molecule has 1 aromatic rings. The second-order valence-corrected chi connectivity index (χ2v) is 2.46. The summed E-state index contributed by atoms with van der Waals surface area (Å²) < 4.78 is 0. The molecule has 0 aliphatic carbocycles. The van der Waals surface area contributed by atoms with Crippen molar-refractivity contribution in [1.29, 1.82) is 0 Å². The van der Waals surface area contributed by atoms with Crippen LogP contribution in [-0.4, -0.2) is 15.3 Å². The van der Waals surface area contributed by atoms with Gasteiger partial charge in [0.05, 0.1) is 6.10 Å². The number of aliphatic hydroxyl groups excluding tert-OH is 1. The quantitative estimate of drug-likeness (QED) is 0.568. The third-order valence-corrected chi connectivity index (χ3v) is 1.41. The van der Waals surface area contributed by atoms with Gasteiger partial charge in [-0.25, -0.2) is 0 Å². The number of hydrogen-bond acceptors (Lipinski definition) is 3. The van der Waals surface area contributed by atoms with Crippen LogP contribution in [0.3, 0.4) is 0 Å². The van der Waals surface area contributed by atoms with Gasteiger partial charge in [-0.2, -0.15) is 0 Å². The Morgan fingerprint density at radius 2 is 1.55 bits per heavy atom. The Kier molecular flexibility index (Phi) is 2.01. The topological polar surface area (TPSA) is 60.7 Å². The summed E-state index contributed by atoms with van der Waals surface area (Å²) in [5, 5.41) is 27.0. The van der Waals surface area contributed by atoms with E-state index in [1.54, 1.807) is 6.92 Å². The standard InChI is InChI=1S/C8H10O3/c1-5(9)6-2-7(10)4-8(11)3-6/h2-5,9-11H,1H3/t5-/m0/s1. The van der Waals surface area contributed by atoms with Crippen LogP contribution >= 0.6 is 0 Å². The molecule has 3 N–H and O–H groups in total. The molecule has 0 saturated heterocycles. The van der Waals surface area contributed by atoms with E-state index in [4.69, 9.17) is 15.3 Å². The molecule has 0 heterocycles. The van der Waals surface area contributed by atoms with Crippen molar-refractivity contribution < 1.29 is 15.3 Å². The van der Waals surface area contributed by atoms with E-state index in [9.17, 15) is 0 Å². The maximum atomic E-state index is 9.05. The molecule has 11 heavy (non-hydrogen) atoms. The summed E-state index contributed by atoms with van der Waals surface area (Å²) in [7, 11) is 0. The number of aromatic hydroxyl groups is 2. The minimum absolute atomic E-state index is 0.0408. The summed E-state index contributed by atoms with van der Waals surface area (Å²) >= 11 is 0. The first-order valence-corrected chi connectivity index (χ1v) is 3.30. The molecule has 3 nitrogen and oxygen atoms in total. The molecule has 1 aromatic carbocycles. The van der Waals surface area contributed by atoms with Crippen molar-refractivity contribution in [3.05, 3.63) is 23.8 Å². The molecule has 1 atom stereocenters. The van der Waals surface area contributed by atoms with Crippen molar-refractivity contribution in [3.8, 4) is 11.5 Å². The summed E-state index contributed by atoms with van der Waals surface area (Å²) in [6, 6.07) is 4.03. The van der Waals surface area contributed by atoms with Gasteiger partial charge in [-0.3, -0.25) is 0 Å². The number of rotatable bonds is 1.